The highest BCUT2D eigenvalue weighted by atomic mass is 16.1. The largest absolute Gasteiger partial charge is 0.368 e. The van der Waals surface area contributed by atoms with Crippen molar-refractivity contribution in [1.82, 2.24) is 5.32 Å². The molecule has 0 spiro atoms. The zero-order valence-electron chi connectivity index (χ0n) is 9.07. The van der Waals surface area contributed by atoms with Crippen LogP contribution in [0.15, 0.2) is 9.98 Å². The SMILES string of the molecule is C=NC(N)=NC1CCC(C(=O)NC)CC1. The van der Waals surface area contributed by atoms with Gasteiger partial charge in [-0.25, -0.2) is 9.98 Å². The molecule has 0 unspecified atom stereocenters. The first-order valence-corrected chi connectivity index (χ1v) is 5.19. The number of carbonyl (C=O) groups is 1. The van der Waals surface area contributed by atoms with E-state index in [1.165, 1.54) is 0 Å². The average Bonchev–Trinajstić information content (AvgIpc) is 2.29. The first-order chi connectivity index (χ1) is 7.17. The third kappa shape index (κ3) is 3.34. The van der Waals surface area contributed by atoms with Gasteiger partial charge in [0.1, 0.15) is 0 Å². The van der Waals surface area contributed by atoms with E-state index in [0.717, 1.165) is 25.7 Å². The Morgan fingerprint density at radius 1 is 1.40 bits per heavy atom. The van der Waals surface area contributed by atoms with Crippen LogP contribution in [0.5, 0.6) is 0 Å². The number of nitrogens with two attached hydrogens (primary N) is 1. The molecule has 5 heteroatoms. The third-order valence-electron chi connectivity index (χ3n) is 2.79. The molecule has 1 fully saturated rings. The van der Waals surface area contributed by atoms with Gasteiger partial charge in [0.05, 0.1) is 6.04 Å². The van der Waals surface area contributed by atoms with Gasteiger partial charge in [-0.3, -0.25) is 4.79 Å². The molecule has 15 heavy (non-hydrogen) atoms. The van der Waals surface area contributed by atoms with Crippen LogP contribution in [-0.4, -0.2) is 31.7 Å². The predicted molar refractivity (Wildman–Crippen MR) is 61.0 cm³/mol. The standard InChI is InChI=1S/C10H18N4O/c1-12-9(15)7-3-5-8(6-4-7)14-10(11)13-2/h7-8H,2-6H2,1H3,(H2,11,14)(H,12,15). The average molecular weight is 210 g/mol. The van der Waals surface area contributed by atoms with Crippen LogP contribution in [-0.2, 0) is 4.79 Å². The van der Waals surface area contributed by atoms with E-state index in [1.807, 2.05) is 0 Å². The van der Waals surface area contributed by atoms with Crippen LogP contribution in [0.2, 0.25) is 0 Å². The van der Waals surface area contributed by atoms with E-state index in [9.17, 15) is 4.79 Å². The molecule has 0 bridgehead atoms. The number of aliphatic imine (C=N–C) groups is 2. The van der Waals surface area contributed by atoms with Crippen LogP contribution in [0.3, 0.4) is 0 Å². The molecule has 84 valence electrons. The Hall–Kier alpha value is -1.39. The first kappa shape index (κ1) is 11.7. The Morgan fingerprint density at radius 3 is 2.47 bits per heavy atom. The fourth-order valence-corrected chi connectivity index (χ4v) is 1.90. The third-order valence-corrected chi connectivity index (χ3v) is 2.79. The van der Waals surface area contributed by atoms with Crippen LogP contribution in [0.4, 0.5) is 0 Å². The smallest absolute Gasteiger partial charge is 0.222 e. The van der Waals surface area contributed by atoms with E-state index < -0.39 is 0 Å². The maximum atomic E-state index is 11.4. The molecular weight excluding hydrogens is 192 g/mol. The van der Waals surface area contributed by atoms with Crippen molar-refractivity contribution >= 4 is 18.6 Å². The Labute approximate surface area is 89.9 Å². The number of nitrogens with one attached hydrogen (secondary N) is 1. The topological polar surface area (TPSA) is 79.8 Å². The molecule has 0 heterocycles. The van der Waals surface area contributed by atoms with Crippen molar-refractivity contribution in [2.24, 2.45) is 21.6 Å². The summed E-state index contributed by atoms with van der Waals surface area (Å²) in [5.41, 5.74) is 5.47. The molecule has 1 aliphatic carbocycles. The highest BCUT2D eigenvalue weighted by molar-refractivity contribution is 5.82. The molecule has 1 aliphatic rings. The van der Waals surface area contributed by atoms with Crippen LogP contribution in [0, 0.1) is 5.92 Å². The minimum absolute atomic E-state index is 0.132. The minimum Gasteiger partial charge on any atom is -0.368 e. The highest BCUT2D eigenvalue weighted by Gasteiger charge is 2.25. The normalized spacial score (nSPS) is 27.1. The number of nitrogens with zero attached hydrogens (tertiary/aromatic N) is 2. The van der Waals surface area contributed by atoms with Crippen molar-refractivity contribution < 1.29 is 4.79 Å². The first-order valence-electron chi connectivity index (χ1n) is 5.19. The number of guanidine groups is 1. The summed E-state index contributed by atoms with van der Waals surface area (Å²) in [5, 5.41) is 2.67. The lowest BCUT2D eigenvalue weighted by Gasteiger charge is -2.24. The van der Waals surface area contributed by atoms with E-state index in [0.29, 0.717) is 0 Å². The van der Waals surface area contributed by atoms with Crippen molar-refractivity contribution in [3.63, 3.8) is 0 Å². The van der Waals surface area contributed by atoms with E-state index >= 15 is 0 Å². The van der Waals surface area contributed by atoms with Crippen LogP contribution in [0.1, 0.15) is 25.7 Å². The van der Waals surface area contributed by atoms with Gasteiger partial charge in [-0.2, -0.15) is 0 Å². The monoisotopic (exact) mass is 210 g/mol. The molecule has 1 rings (SSSR count). The molecular formula is C10H18N4O. The molecule has 0 atom stereocenters. The van der Waals surface area contributed by atoms with Crippen LogP contribution >= 0.6 is 0 Å². The summed E-state index contributed by atoms with van der Waals surface area (Å²) in [6.45, 7) is 3.31. The number of hydrogen-bond donors (Lipinski definition) is 2. The lowest BCUT2D eigenvalue weighted by atomic mass is 9.86. The lowest BCUT2D eigenvalue weighted by molar-refractivity contribution is -0.125. The van der Waals surface area contributed by atoms with E-state index in [-0.39, 0.29) is 23.8 Å². The summed E-state index contributed by atoms with van der Waals surface area (Å²) >= 11 is 0. The summed E-state index contributed by atoms with van der Waals surface area (Å²) in [5.74, 6) is 0.519. The Bertz CT molecular complexity index is 267. The van der Waals surface area contributed by atoms with Gasteiger partial charge in [0.25, 0.3) is 0 Å². The molecule has 5 nitrogen and oxygen atoms in total. The van der Waals surface area contributed by atoms with Gasteiger partial charge >= 0.3 is 0 Å². The molecule has 0 aromatic rings. The Balaban J connectivity index is 2.42. The number of amides is 1. The zero-order valence-corrected chi connectivity index (χ0v) is 9.07. The van der Waals surface area contributed by atoms with Gasteiger partial charge in [0.15, 0.2) is 0 Å². The predicted octanol–water partition coefficient (Wildman–Crippen LogP) is 0.306. The molecule has 0 aromatic carbocycles. The highest BCUT2D eigenvalue weighted by Crippen LogP contribution is 2.26. The van der Waals surface area contributed by atoms with Gasteiger partial charge in [-0.05, 0) is 32.4 Å². The van der Waals surface area contributed by atoms with Gasteiger partial charge < -0.3 is 11.1 Å². The summed E-state index contributed by atoms with van der Waals surface area (Å²) in [7, 11) is 1.67. The van der Waals surface area contributed by atoms with Gasteiger partial charge in [0.2, 0.25) is 11.9 Å². The van der Waals surface area contributed by atoms with Gasteiger partial charge in [0, 0.05) is 13.0 Å². The van der Waals surface area contributed by atoms with Crippen molar-refractivity contribution in [1.29, 1.82) is 0 Å². The van der Waals surface area contributed by atoms with Gasteiger partial charge in [-0.1, -0.05) is 0 Å². The molecule has 0 aromatic heterocycles. The summed E-state index contributed by atoms with van der Waals surface area (Å²) in [6.07, 6.45) is 3.54. The molecule has 3 N–H and O–H groups in total. The Kier molecular flexibility index (Phi) is 4.27. The summed E-state index contributed by atoms with van der Waals surface area (Å²) < 4.78 is 0. The lowest BCUT2D eigenvalue weighted by Crippen LogP contribution is -2.31. The van der Waals surface area contributed by atoms with Gasteiger partial charge in [-0.15, -0.1) is 0 Å². The maximum absolute atomic E-state index is 11.4. The van der Waals surface area contributed by atoms with Crippen LogP contribution in [0.25, 0.3) is 0 Å². The maximum Gasteiger partial charge on any atom is 0.222 e. The number of carbonyl (C=O) groups excluding carboxylic acids is 1. The van der Waals surface area contributed by atoms with Crippen molar-refractivity contribution in [2.45, 2.75) is 31.7 Å². The molecule has 1 amide bonds. The van der Waals surface area contributed by atoms with Crippen molar-refractivity contribution in [3.05, 3.63) is 0 Å². The molecule has 1 saturated carbocycles. The van der Waals surface area contributed by atoms with Crippen molar-refractivity contribution in [2.75, 3.05) is 7.05 Å². The summed E-state index contributed by atoms with van der Waals surface area (Å²) in [4.78, 5) is 19.1. The quantitative estimate of drug-likeness (QED) is 0.508. The number of rotatable bonds is 2. The fourth-order valence-electron chi connectivity index (χ4n) is 1.90. The fraction of sp³-hybridized carbons (Fsp3) is 0.700. The second-order valence-corrected chi connectivity index (χ2v) is 3.77. The number of hydrogen-bond acceptors (Lipinski definition) is 2. The van der Waals surface area contributed by atoms with E-state index in [1.54, 1.807) is 7.05 Å². The van der Waals surface area contributed by atoms with Crippen molar-refractivity contribution in [3.8, 4) is 0 Å². The second-order valence-electron chi connectivity index (χ2n) is 3.77. The van der Waals surface area contributed by atoms with E-state index in [2.05, 4.69) is 22.0 Å². The minimum atomic E-state index is 0.132. The van der Waals surface area contributed by atoms with Crippen LogP contribution < -0.4 is 11.1 Å². The zero-order chi connectivity index (χ0) is 11.3. The van der Waals surface area contributed by atoms with E-state index in [4.69, 9.17) is 5.73 Å². The molecule has 0 radical (unpaired) electrons. The second kappa shape index (κ2) is 5.48. The Morgan fingerprint density at radius 2 is 2.00 bits per heavy atom. The summed E-state index contributed by atoms with van der Waals surface area (Å²) in [6, 6.07) is 0.205. The molecule has 0 aliphatic heterocycles. The molecule has 0 saturated heterocycles.